The molecule has 0 aliphatic carbocycles. The van der Waals surface area contributed by atoms with E-state index in [9.17, 15) is 19.3 Å². The molecular formula is C19H24FN4O8P. The average molecular weight is 486 g/mol. The van der Waals surface area contributed by atoms with Crippen molar-refractivity contribution in [3.05, 3.63) is 53.1 Å². The number of methoxy groups -OCH3 is 1. The number of benzene rings is 1. The lowest BCUT2D eigenvalue weighted by Crippen LogP contribution is -2.43. The molecule has 5 atom stereocenters. The van der Waals surface area contributed by atoms with Crippen LogP contribution in [0, 0.1) is 0 Å². The first-order valence-electron chi connectivity index (χ1n) is 9.74. The van der Waals surface area contributed by atoms with Gasteiger partial charge in [-0.05, 0) is 25.1 Å². The number of hydrogen-bond donors (Lipinski definition) is 3. The number of rotatable bonds is 9. The van der Waals surface area contributed by atoms with Crippen molar-refractivity contribution in [2.75, 3.05) is 26.0 Å². The zero-order chi connectivity index (χ0) is 24.2. The van der Waals surface area contributed by atoms with E-state index in [0.717, 1.165) is 18.6 Å². The number of aliphatic hydroxyl groups excluding tert-OH is 1. The van der Waals surface area contributed by atoms with Crippen LogP contribution in [0.25, 0.3) is 0 Å². The predicted molar refractivity (Wildman–Crippen MR) is 113 cm³/mol. The number of nitrogens with two attached hydrogens (primary N) is 1. The Morgan fingerprint density at radius 1 is 1.39 bits per heavy atom. The molecule has 0 amide bonds. The Balaban J connectivity index is 1.77. The number of para-hydroxylation sites is 1. The lowest BCUT2D eigenvalue weighted by Gasteiger charge is -2.24. The van der Waals surface area contributed by atoms with Crippen LogP contribution in [0.2, 0.25) is 0 Å². The molecule has 1 aromatic carbocycles. The molecule has 1 fully saturated rings. The number of anilines is 1. The molecule has 1 saturated heterocycles. The number of halogens is 1. The van der Waals surface area contributed by atoms with Crippen LogP contribution in [-0.4, -0.2) is 58.8 Å². The highest BCUT2D eigenvalue weighted by Crippen LogP contribution is 2.46. The predicted octanol–water partition coefficient (Wildman–Crippen LogP) is 0.778. The van der Waals surface area contributed by atoms with Crippen molar-refractivity contribution >= 4 is 19.5 Å². The number of carbonyl (C=O) groups is 1. The summed E-state index contributed by atoms with van der Waals surface area (Å²) in [6.07, 6.45) is -3.48. The van der Waals surface area contributed by atoms with Gasteiger partial charge in [0, 0.05) is 6.20 Å². The van der Waals surface area contributed by atoms with Gasteiger partial charge in [0.15, 0.2) is 11.9 Å². The van der Waals surface area contributed by atoms with Crippen molar-refractivity contribution in [1.29, 1.82) is 0 Å². The molecular weight excluding hydrogens is 462 g/mol. The Hall–Kier alpha value is -2.83. The standard InChI is InChI=1S/C19H24FN4O8P/c1-19(20)16(26)13(31-17(19)24-9-8-14(21)23-18(24)27)11-30-33(28,22-10-15(25)29-2)32-12-6-4-3-5-7-12/h3-9,13,16-17,26H,10-11H2,1-2H3,(H,22,28)(H2,21,23,27)/t13-,16-,17-,19-,33?/m1/s1. The summed E-state index contributed by atoms with van der Waals surface area (Å²) in [5.41, 5.74) is 2.14. The van der Waals surface area contributed by atoms with Gasteiger partial charge < -0.3 is 24.8 Å². The molecule has 1 unspecified atom stereocenters. The quantitative estimate of drug-likeness (QED) is 0.339. The lowest BCUT2D eigenvalue weighted by molar-refractivity contribution is -0.139. The Morgan fingerprint density at radius 3 is 2.73 bits per heavy atom. The van der Waals surface area contributed by atoms with E-state index >= 15 is 4.39 Å². The van der Waals surface area contributed by atoms with E-state index in [4.69, 9.17) is 19.5 Å². The molecule has 0 saturated carbocycles. The Bertz CT molecular complexity index is 1080. The monoisotopic (exact) mass is 486 g/mol. The van der Waals surface area contributed by atoms with Crippen molar-refractivity contribution in [1.82, 2.24) is 14.6 Å². The minimum Gasteiger partial charge on any atom is -0.468 e. The van der Waals surface area contributed by atoms with Crippen LogP contribution in [0.4, 0.5) is 10.2 Å². The van der Waals surface area contributed by atoms with Gasteiger partial charge in [0.25, 0.3) is 0 Å². The average Bonchev–Trinajstić information content (AvgIpc) is 3.00. The third-order valence-corrected chi connectivity index (χ3v) is 6.33. The highest BCUT2D eigenvalue weighted by molar-refractivity contribution is 7.52. The zero-order valence-electron chi connectivity index (χ0n) is 17.8. The maximum Gasteiger partial charge on any atom is 0.459 e. The molecule has 0 radical (unpaired) electrons. The van der Waals surface area contributed by atoms with E-state index < -0.39 is 56.7 Å². The van der Waals surface area contributed by atoms with Gasteiger partial charge in [0.1, 0.15) is 30.3 Å². The highest BCUT2D eigenvalue weighted by atomic mass is 31.2. The van der Waals surface area contributed by atoms with Crippen LogP contribution >= 0.6 is 7.75 Å². The summed E-state index contributed by atoms with van der Waals surface area (Å²) in [6.45, 7) is -0.0715. The van der Waals surface area contributed by atoms with Crippen molar-refractivity contribution in [2.24, 2.45) is 0 Å². The van der Waals surface area contributed by atoms with E-state index in [-0.39, 0.29) is 11.6 Å². The second-order valence-electron chi connectivity index (χ2n) is 7.27. The lowest BCUT2D eigenvalue weighted by atomic mass is 9.98. The van der Waals surface area contributed by atoms with E-state index in [0.29, 0.717) is 0 Å². The van der Waals surface area contributed by atoms with Gasteiger partial charge in [-0.15, -0.1) is 0 Å². The second kappa shape index (κ2) is 9.98. The summed E-state index contributed by atoms with van der Waals surface area (Å²) < 4.78 is 50.1. The number of ether oxygens (including phenoxy) is 2. The van der Waals surface area contributed by atoms with Crippen molar-refractivity contribution in [3.63, 3.8) is 0 Å². The molecule has 3 rings (SSSR count). The van der Waals surface area contributed by atoms with Crippen LogP contribution in [0.3, 0.4) is 0 Å². The molecule has 2 aromatic rings. The summed E-state index contributed by atoms with van der Waals surface area (Å²) in [7, 11) is -3.05. The Morgan fingerprint density at radius 2 is 2.09 bits per heavy atom. The molecule has 14 heteroatoms. The van der Waals surface area contributed by atoms with Crippen molar-refractivity contribution in [2.45, 2.75) is 31.0 Å². The Kier molecular flexibility index (Phi) is 7.50. The van der Waals surface area contributed by atoms with Gasteiger partial charge >= 0.3 is 19.4 Å². The van der Waals surface area contributed by atoms with Crippen LogP contribution < -0.4 is 21.0 Å². The first kappa shape index (κ1) is 24.8. The normalized spacial score (nSPS) is 26.5. The molecule has 1 aliphatic heterocycles. The van der Waals surface area contributed by atoms with Crippen molar-refractivity contribution in [3.8, 4) is 5.75 Å². The third-order valence-electron chi connectivity index (χ3n) is 4.84. The first-order chi connectivity index (χ1) is 15.6. The number of esters is 1. The molecule has 1 aromatic heterocycles. The number of carbonyl (C=O) groups excluding carboxylic acids is 1. The largest absolute Gasteiger partial charge is 0.468 e. The summed E-state index contributed by atoms with van der Waals surface area (Å²) in [6, 6.07) is 9.25. The molecule has 4 N–H and O–H groups in total. The maximum atomic E-state index is 15.3. The van der Waals surface area contributed by atoms with E-state index in [1.54, 1.807) is 18.2 Å². The zero-order valence-corrected chi connectivity index (χ0v) is 18.7. The van der Waals surface area contributed by atoms with Crippen LogP contribution in [0.1, 0.15) is 13.2 Å². The molecule has 2 heterocycles. The number of aromatic nitrogens is 2. The fourth-order valence-corrected chi connectivity index (χ4v) is 4.36. The highest BCUT2D eigenvalue weighted by Gasteiger charge is 2.55. The van der Waals surface area contributed by atoms with Gasteiger partial charge in [-0.3, -0.25) is 13.9 Å². The molecule has 0 bridgehead atoms. The molecule has 1 aliphatic rings. The van der Waals surface area contributed by atoms with E-state index in [1.807, 2.05) is 0 Å². The topological polar surface area (TPSA) is 164 Å². The fourth-order valence-electron chi connectivity index (χ4n) is 3.08. The number of nitrogens with zero attached hydrogens (tertiary/aromatic N) is 2. The van der Waals surface area contributed by atoms with E-state index in [1.165, 1.54) is 24.4 Å². The summed E-state index contributed by atoms with van der Waals surface area (Å²) in [4.78, 5) is 27.1. The molecule has 0 spiro atoms. The number of nitrogen functional groups attached to an aromatic ring is 1. The van der Waals surface area contributed by atoms with Crippen molar-refractivity contribution < 1.29 is 37.4 Å². The van der Waals surface area contributed by atoms with Crippen LogP contribution in [-0.2, 0) is 23.4 Å². The van der Waals surface area contributed by atoms with Gasteiger partial charge in [-0.1, -0.05) is 18.2 Å². The van der Waals surface area contributed by atoms with Crippen LogP contribution in [0.5, 0.6) is 5.75 Å². The first-order valence-corrected chi connectivity index (χ1v) is 11.3. The minimum absolute atomic E-state index is 0.0640. The second-order valence-corrected chi connectivity index (χ2v) is 9.03. The number of alkyl halides is 1. The van der Waals surface area contributed by atoms with Gasteiger partial charge in [0.2, 0.25) is 0 Å². The van der Waals surface area contributed by atoms with Gasteiger partial charge in [-0.2, -0.15) is 4.98 Å². The number of nitrogens with one attached hydrogen (secondary N) is 1. The van der Waals surface area contributed by atoms with Gasteiger partial charge in [0.05, 0.1) is 13.7 Å². The van der Waals surface area contributed by atoms with Gasteiger partial charge in [-0.25, -0.2) is 18.8 Å². The molecule has 33 heavy (non-hydrogen) atoms. The summed E-state index contributed by atoms with van der Waals surface area (Å²) >= 11 is 0. The maximum absolute atomic E-state index is 15.3. The minimum atomic E-state index is -4.20. The summed E-state index contributed by atoms with van der Waals surface area (Å²) in [5, 5.41) is 12.8. The third kappa shape index (κ3) is 5.75. The number of aliphatic hydroxyl groups is 1. The SMILES string of the molecule is COC(=O)CNP(=O)(OC[C@H]1O[C@@H](n2ccc(N)nc2=O)[C@](C)(F)[C@@H]1O)Oc1ccccc1. The fraction of sp³-hybridized carbons (Fsp3) is 0.421. The molecule has 180 valence electrons. The number of hydrogen-bond acceptors (Lipinski definition) is 10. The van der Waals surface area contributed by atoms with E-state index in [2.05, 4.69) is 14.8 Å². The van der Waals surface area contributed by atoms with Crippen LogP contribution in [0.15, 0.2) is 47.4 Å². The summed E-state index contributed by atoms with van der Waals surface area (Å²) in [5.74, 6) is -0.635. The smallest absolute Gasteiger partial charge is 0.459 e. The molecule has 12 nitrogen and oxygen atoms in total. The Labute approximate surface area is 188 Å².